The average Bonchev–Trinajstić information content (AvgIpc) is 2.99. The highest BCUT2D eigenvalue weighted by Gasteiger charge is 2.22. The highest BCUT2D eigenvalue weighted by molar-refractivity contribution is 6.04. The van der Waals surface area contributed by atoms with Gasteiger partial charge in [-0.15, -0.1) is 0 Å². The Morgan fingerprint density at radius 2 is 1.66 bits per heavy atom. The summed E-state index contributed by atoms with van der Waals surface area (Å²) in [4.78, 5) is 22.8. The van der Waals surface area contributed by atoms with Crippen LogP contribution in [-0.4, -0.2) is 21.0 Å². The summed E-state index contributed by atoms with van der Waals surface area (Å²) in [5, 5.41) is 12.9. The first-order valence-corrected chi connectivity index (χ1v) is 10.8. The third kappa shape index (κ3) is 4.10. The molecule has 5 nitrogen and oxygen atoms in total. The van der Waals surface area contributed by atoms with E-state index in [4.69, 9.17) is 9.97 Å². The van der Waals surface area contributed by atoms with E-state index in [9.17, 15) is 9.90 Å². The first kappa shape index (κ1) is 19.9. The first-order chi connectivity index (χ1) is 15.7. The van der Waals surface area contributed by atoms with Crippen molar-refractivity contribution in [1.29, 1.82) is 0 Å². The van der Waals surface area contributed by atoms with Gasteiger partial charge in [0.2, 0.25) is 0 Å². The molecule has 0 radical (unpaired) electrons. The standard InChI is InChI=1S/C27H23N3O2/c31-21-14-15-22-20(17-21)12-7-13-23-25(22)28-24(16-18-8-3-1-4-9-18)26(29-23)30-27(32)19-10-5-2-6-11-19/h1-6,8-11,14-15,17,31H,7,12-13,16H2,(H,29,30,32). The van der Waals surface area contributed by atoms with Crippen molar-refractivity contribution < 1.29 is 9.90 Å². The Balaban J connectivity index is 1.60. The summed E-state index contributed by atoms with van der Waals surface area (Å²) in [6.07, 6.45) is 3.07. The van der Waals surface area contributed by atoms with Crippen LogP contribution >= 0.6 is 0 Å². The molecule has 5 rings (SSSR count). The molecule has 1 heterocycles. The molecule has 0 aliphatic heterocycles. The number of phenolic OH excluding ortho intramolecular Hbond substituents is 1. The second kappa shape index (κ2) is 8.63. The van der Waals surface area contributed by atoms with Crippen LogP contribution in [0, 0.1) is 0 Å². The molecule has 1 aromatic heterocycles. The fraction of sp³-hybridized carbons (Fsp3) is 0.148. The monoisotopic (exact) mass is 421 g/mol. The molecule has 5 heteroatoms. The molecule has 1 amide bonds. The summed E-state index contributed by atoms with van der Waals surface area (Å²) in [6, 6.07) is 24.6. The SMILES string of the molecule is O=C(Nc1nc2c(nc1Cc1ccccc1)-c1ccc(O)cc1CCC2)c1ccccc1. The lowest BCUT2D eigenvalue weighted by atomic mass is 10.0. The number of aromatic hydroxyl groups is 1. The zero-order valence-corrected chi connectivity index (χ0v) is 17.6. The number of amides is 1. The van der Waals surface area contributed by atoms with E-state index in [1.54, 1.807) is 18.2 Å². The fourth-order valence-electron chi connectivity index (χ4n) is 4.14. The van der Waals surface area contributed by atoms with Crippen LogP contribution in [0.2, 0.25) is 0 Å². The quantitative estimate of drug-likeness (QED) is 0.476. The number of nitrogens with zero attached hydrogens (tertiary/aromatic N) is 2. The number of nitrogens with one attached hydrogen (secondary N) is 1. The van der Waals surface area contributed by atoms with Gasteiger partial charge in [0.15, 0.2) is 5.82 Å². The van der Waals surface area contributed by atoms with E-state index in [1.807, 2.05) is 60.7 Å². The largest absolute Gasteiger partial charge is 0.508 e. The zero-order valence-electron chi connectivity index (χ0n) is 17.6. The summed E-state index contributed by atoms with van der Waals surface area (Å²) >= 11 is 0. The number of aryl methyl sites for hydroxylation is 2. The molecule has 0 fully saturated rings. The van der Waals surface area contributed by atoms with Crippen LogP contribution in [-0.2, 0) is 19.3 Å². The molecule has 0 saturated carbocycles. The lowest BCUT2D eigenvalue weighted by Gasteiger charge is -2.15. The number of fused-ring (bicyclic) bond motifs is 3. The van der Waals surface area contributed by atoms with Crippen molar-refractivity contribution >= 4 is 11.7 Å². The number of hydrogen-bond donors (Lipinski definition) is 2. The number of carbonyl (C=O) groups excluding carboxylic acids is 1. The number of carbonyl (C=O) groups is 1. The van der Waals surface area contributed by atoms with Crippen molar-refractivity contribution in [2.75, 3.05) is 5.32 Å². The van der Waals surface area contributed by atoms with Crippen molar-refractivity contribution in [2.45, 2.75) is 25.7 Å². The maximum Gasteiger partial charge on any atom is 0.256 e. The van der Waals surface area contributed by atoms with E-state index in [-0.39, 0.29) is 11.7 Å². The van der Waals surface area contributed by atoms with Gasteiger partial charge >= 0.3 is 0 Å². The molecular formula is C27H23N3O2. The molecule has 0 unspecified atom stereocenters. The average molecular weight is 422 g/mol. The van der Waals surface area contributed by atoms with Crippen LogP contribution in [0.3, 0.4) is 0 Å². The second-order valence-corrected chi connectivity index (χ2v) is 7.99. The van der Waals surface area contributed by atoms with Crippen LogP contribution < -0.4 is 5.32 Å². The predicted octanol–water partition coefficient (Wildman–Crippen LogP) is 5.18. The van der Waals surface area contributed by atoms with Gasteiger partial charge in [-0.2, -0.15) is 0 Å². The van der Waals surface area contributed by atoms with E-state index < -0.39 is 0 Å². The Kier molecular flexibility index (Phi) is 5.38. The topological polar surface area (TPSA) is 75.1 Å². The maximum atomic E-state index is 12.9. The second-order valence-electron chi connectivity index (χ2n) is 7.99. The summed E-state index contributed by atoms with van der Waals surface area (Å²) in [6.45, 7) is 0. The normalized spacial score (nSPS) is 12.4. The van der Waals surface area contributed by atoms with Gasteiger partial charge in [0.25, 0.3) is 5.91 Å². The van der Waals surface area contributed by atoms with Crippen molar-refractivity contribution in [3.8, 4) is 17.0 Å². The molecule has 4 aromatic rings. The summed E-state index contributed by atoms with van der Waals surface area (Å²) < 4.78 is 0. The van der Waals surface area contributed by atoms with E-state index in [2.05, 4.69) is 5.32 Å². The number of phenols is 1. The number of anilines is 1. The number of aromatic nitrogens is 2. The highest BCUT2D eigenvalue weighted by Crippen LogP contribution is 2.34. The van der Waals surface area contributed by atoms with E-state index in [1.165, 1.54) is 0 Å². The van der Waals surface area contributed by atoms with Crippen LogP contribution in [0.5, 0.6) is 5.75 Å². The fourth-order valence-corrected chi connectivity index (χ4v) is 4.14. The van der Waals surface area contributed by atoms with Gasteiger partial charge in [-0.25, -0.2) is 9.97 Å². The Morgan fingerprint density at radius 3 is 2.44 bits per heavy atom. The van der Waals surface area contributed by atoms with Gasteiger partial charge in [0.05, 0.1) is 17.1 Å². The molecule has 2 N–H and O–H groups in total. The van der Waals surface area contributed by atoms with Crippen LogP contribution in [0.1, 0.15) is 39.3 Å². The Morgan fingerprint density at radius 1 is 0.906 bits per heavy atom. The van der Waals surface area contributed by atoms with E-state index in [0.717, 1.165) is 53.0 Å². The van der Waals surface area contributed by atoms with Crippen molar-refractivity contribution in [2.24, 2.45) is 0 Å². The maximum absolute atomic E-state index is 12.9. The van der Waals surface area contributed by atoms with E-state index >= 15 is 0 Å². The number of benzene rings is 3. The lowest BCUT2D eigenvalue weighted by Crippen LogP contribution is -2.17. The van der Waals surface area contributed by atoms with Crippen LogP contribution in [0.15, 0.2) is 78.9 Å². The van der Waals surface area contributed by atoms with Gasteiger partial charge in [0, 0.05) is 17.5 Å². The Bertz CT molecular complexity index is 1270. The predicted molar refractivity (Wildman–Crippen MR) is 125 cm³/mol. The number of hydrogen-bond acceptors (Lipinski definition) is 4. The molecule has 0 bridgehead atoms. The third-order valence-corrected chi connectivity index (χ3v) is 5.73. The van der Waals surface area contributed by atoms with Crippen LogP contribution in [0.25, 0.3) is 11.3 Å². The highest BCUT2D eigenvalue weighted by atomic mass is 16.3. The Labute approximate surface area is 186 Å². The minimum Gasteiger partial charge on any atom is -0.508 e. The minimum absolute atomic E-state index is 0.201. The van der Waals surface area contributed by atoms with Gasteiger partial charge in [-0.1, -0.05) is 48.5 Å². The minimum atomic E-state index is -0.201. The molecule has 1 aliphatic carbocycles. The van der Waals surface area contributed by atoms with Crippen molar-refractivity contribution in [3.63, 3.8) is 0 Å². The molecule has 0 atom stereocenters. The summed E-state index contributed by atoms with van der Waals surface area (Å²) in [7, 11) is 0. The zero-order chi connectivity index (χ0) is 21.9. The van der Waals surface area contributed by atoms with Gasteiger partial charge in [-0.3, -0.25) is 4.79 Å². The number of rotatable bonds is 4. The molecule has 0 spiro atoms. The smallest absolute Gasteiger partial charge is 0.256 e. The molecule has 0 saturated heterocycles. The van der Waals surface area contributed by atoms with Gasteiger partial charge in [-0.05, 0) is 60.7 Å². The van der Waals surface area contributed by atoms with Crippen molar-refractivity contribution in [3.05, 3.63) is 107 Å². The third-order valence-electron chi connectivity index (χ3n) is 5.73. The molecule has 32 heavy (non-hydrogen) atoms. The summed E-state index contributed by atoms with van der Waals surface area (Å²) in [5.41, 5.74) is 6.17. The van der Waals surface area contributed by atoms with Crippen molar-refractivity contribution in [1.82, 2.24) is 9.97 Å². The summed E-state index contributed by atoms with van der Waals surface area (Å²) in [5.74, 6) is 0.563. The van der Waals surface area contributed by atoms with Gasteiger partial charge in [0.1, 0.15) is 5.75 Å². The lowest BCUT2D eigenvalue weighted by molar-refractivity contribution is 0.102. The van der Waals surface area contributed by atoms with Gasteiger partial charge < -0.3 is 10.4 Å². The molecule has 1 aliphatic rings. The van der Waals surface area contributed by atoms with Crippen LogP contribution in [0.4, 0.5) is 5.82 Å². The molecule has 3 aromatic carbocycles. The van der Waals surface area contributed by atoms with E-state index in [0.29, 0.717) is 17.8 Å². The molecule has 158 valence electrons. The molecular weight excluding hydrogens is 398 g/mol. The Hall–Kier alpha value is -3.99. The first-order valence-electron chi connectivity index (χ1n) is 10.8.